The third kappa shape index (κ3) is 3.04. The normalized spacial score (nSPS) is 25.9. The van der Waals surface area contributed by atoms with Gasteiger partial charge in [-0.3, -0.25) is 4.79 Å². The summed E-state index contributed by atoms with van der Waals surface area (Å²) in [5.41, 5.74) is -0.214. The summed E-state index contributed by atoms with van der Waals surface area (Å²) < 4.78 is 5.78. The number of piperidine rings is 2. The average molecular weight is 254 g/mol. The third-order valence-corrected chi connectivity index (χ3v) is 4.61. The van der Waals surface area contributed by atoms with Gasteiger partial charge in [0.2, 0.25) is 0 Å². The average Bonchev–Trinajstić information content (AvgIpc) is 2.42. The molecule has 0 amide bonds. The number of esters is 1. The van der Waals surface area contributed by atoms with Gasteiger partial charge in [0.1, 0.15) is 6.10 Å². The lowest BCUT2D eigenvalue weighted by atomic mass is 9.76. The Morgan fingerprint density at radius 3 is 2.50 bits per heavy atom. The van der Waals surface area contributed by atoms with Crippen molar-refractivity contribution in [3.05, 3.63) is 0 Å². The first-order chi connectivity index (χ1) is 8.66. The quantitative estimate of drug-likeness (QED) is 0.773. The first-order valence-corrected chi connectivity index (χ1v) is 7.26. The first-order valence-electron chi connectivity index (χ1n) is 7.26. The van der Waals surface area contributed by atoms with Crippen molar-refractivity contribution in [3.63, 3.8) is 0 Å². The van der Waals surface area contributed by atoms with Crippen LogP contribution in [0.4, 0.5) is 0 Å². The molecular weight excluding hydrogens is 228 g/mol. The van der Waals surface area contributed by atoms with Gasteiger partial charge < -0.3 is 15.0 Å². The first kappa shape index (κ1) is 13.8. The zero-order chi connectivity index (χ0) is 13.0. The maximum atomic E-state index is 12.4. The summed E-state index contributed by atoms with van der Waals surface area (Å²) >= 11 is 0. The van der Waals surface area contributed by atoms with Gasteiger partial charge in [0.15, 0.2) is 0 Å². The Morgan fingerprint density at radius 1 is 1.33 bits per heavy atom. The maximum Gasteiger partial charge on any atom is 0.312 e. The highest BCUT2D eigenvalue weighted by atomic mass is 16.5. The molecule has 0 unspecified atom stereocenters. The van der Waals surface area contributed by atoms with Crippen molar-refractivity contribution in [1.29, 1.82) is 0 Å². The van der Waals surface area contributed by atoms with Crippen LogP contribution in [0.3, 0.4) is 0 Å². The van der Waals surface area contributed by atoms with Crippen LogP contribution in [0.5, 0.6) is 0 Å². The summed E-state index contributed by atoms with van der Waals surface area (Å²) in [6.45, 7) is 6.07. The molecule has 0 spiro atoms. The predicted molar refractivity (Wildman–Crippen MR) is 71.4 cm³/mol. The zero-order valence-corrected chi connectivity index (χ0v) is 11.7. The fraction of sp³-hybridized carbons (Fsp3) is 0.929. The Bertz CT molecular complexity index is 280. The fourth-order valence-electron chi connectivity index (χ4n) is 2.99. The highest BCUT2D eigenvalue weighted by Gasteiger charge is 2.40. The number of hydrogen-bond donors (Lipinski definition) is 1. The number of carbonyl (C=O) groups is 1. The number of nitrogens with one attached hydrogen (secondary N) is 1. The Balaban J connectivity index is 1.89. The molecule has 2 rings (SSSR count). The smallest absolute Gasteiger partial charge is 0.312 e. The van der Waals surface area contributed by atoms with Crippen molar-refractivity contribution in [2.45, 2.75) is 45.1 Å². The van der Waals surface area contributed by atoms with Crippen molar-refractivity contribution in [2.75, 3.05) is 33.2 Å². The van der Waals surface area contributed by atoms with E-state index in [4.69, 9.17) is 4.74 Å². The minimum atomic E-state index is -0.214. The molecular formula is C14H26N2O2. The highest BCUT2D eigenvalue weighted by molar-refractivity contribution is 5.77. The molecule has 2 aliphatic rings. The van der Waals surface area contributed by atoms with Crippen LogP contribution in [0.2, 0.25) is 0 Å². The van der Waals surface area contributed by atoms with E-state index in [2.05, 4.69) is 24.2 Å². The number of nitrogens with zero attached hydrogens (tertiary/aromatic N) is 1. The maximum absolute atomic E-state index is 12.4. The minimum Gasteiger partial charge on any atom is -0.462 e. The molecule has 0 aromatic carbocycles. The zero-order valence-electron chi connectivity index (χ0n) is 11.7. The molecule has 4 heteroatoms. The van der Waals surface area contributed by atoms with Gasteiger partial charge in [-0.25, -0.2) is 0 Å². The Hall–Kier alpha value is -0.610. The summed E-state index contributed by atoms with van der Waals surface area (Å²) in [5.74, 6) is 0.0565. The molecule has 0 bridgehead atoms. The van der Waals surface area contributed by atoms with E-state index in [1.807, 2.05) is 0 Å². The van der Waals surface area contributed by atoms with E-state index in [-0.39, 0.29) is 17.5 Å². The van der Waals surface area contributed by atoms with E-state index in [9.17, 15) is 4.79 Å². The SMILES string of the molecule is CCC1(C(=O)OC2CCN(C)CC2)CCNCC1. The molecule has 0 saturated carbocycles. The Morgan fingerprint density at radius 2 is 1.94 bits per heavy atom. The van der Waals surface area contributed by atoms with Crippen molar-refractivity contribution < 1.29 is 9.53 Å². The molecule has 0 aromatic heterocycles. The second-order valence-electron chi connectivity index (χ2n) is 5.79. The second kappa shape index (κ2) is 6.02. The van der Waals surface area contributed by atoms with Crippen LogP contribution in [0.1, 0.15) is 39.0 Å². The molecule has 4 nitrogen and oxygen atoms in total. The molecule has 2 saturated heterocycles. The standard InChI is InChI=1S/C14H26N2O2/c1-3-14(6-8-15-9-7-14)13(17)18-12-4-10-16(2)11-5-12/h12,15H,3-11H2,1-2H3. The molecule has 1 N–H and O–H groups in total. The predicted octanol–water partition coefficient (Wildman–Crippen LogP) is 1.40. The molecule has 2 heterocycles. The lowest BCUT2D eigenvalue weighted by molar-refractivity contribution is -0.165. The van der Waals surface area contributed by atoms with Crippen molar-refractivity contribution >= 4 is 5.97 Å². The van der Waals surface area contributed by atoms with Crippen molar-refractivity contribution in [2.24, 2.45) is 5.41 Å². The van der Waals surface area contributed by atoms with Gasteiger partial charge in [-0.2, -0.15) is 0 Å². The van der Waals surface area contributed by atoms with Crippen molar-refractivity contribution in [1.82, 2.24) is 10.2 Å². The summed E-state index contributed by atoms with van der Waals surface area (Å²) in [7, 11) is 2.12. The van der Waals surface area contributed by atoms with Gasteiger partial charge in [0, 0.05) is 13.1 Å². The highest BCUT2D eigenvalue weighted by Crippen LogP contribution is 2.34. The lowest BCUT2D eigenvalue weighted by Gasteiger charge is -2.37. The Kier molecular flexibility index (Phi) is 4.62. The molecule has 0 aliphatic carbocycles. The Labute approximate surface area is 110 Å². The molecule has 0 atom stereocenters. The summed E-state index contributed by atoms with van der Waals surface area (Å²) in [6, 6.07) is 0. The number of carbonyl (C=O) groups excluding carboxylic acids is 1. The van der Waals surface area contributed by atoms with E-state index in [0.29, 0.717) is 0 Å². The number of rotatable bonds is 3. The minimum absolute atomic E-state index is 0.0565. The molecule has 2 aliphatic heterocycles. The molecule has 2 fully saturated rings. The van der Waals surface area contributed by atoms with Gasteiger partial charge in [-0.15, -0.1) is 0 Å². The van der Waals surface area contributed by atoms with Crippen LogP contribution < -0.4 is 5.32 Å². The van der Waals surface area contributed by atoms with Gasteiger partial charge in [-0.05, 0) is 52.2 Å². The molecule has 0 aromatic rings. The van der Waals surface area contributed by atoms with Crippen LogP contribution >= 0.6 is 0 Å². The van der Waals surface area contributed by atoms with Gasteiger partial charge in [-0.1, -0.05) is 6.92 Å². The van der Waals surface area contributed by atoms with E-state index in [1.54, 1.807) is 0 Å². The van der Waals surface area contributed by atoms with Crippen LogP contribution in [-0.2, 0) is 9.53 Å². The monoisotopic (exact) mass is 254 g/mol. The molecule has 104 valence electrons. The molecule has 0 radical (unpaired) electrons. The van der Waals surface area contributed by atoms with Crippen LogP contribution in [0, 0.1) is 5.41 Å². The fourth-order valence-corrected chi connectivity index (χ4v) is 2.99. The van der Waals surface area contributed by atoms with Crippen LogP contribution in [0.15, 0.2) is 0 Å². The van der Waals surface area contributed by atoms with Gasteiger partial charge in [0.05, 0.1) is 5.41 Å². The summed E-state index contributed by atoms with van der Waals surface area (Å²) in [6.07, 6.45) is 4.87. The van der Waals surface area contributed by atoms with Gasteiger partial charge >= 0.3 is 5.97 Å². The number of hydrogen-bond acceptors (Lipinski definition) is 4. The largest absolute Gasteiger partial charge is 0.462 e. The topological polar surface area (TPSA) is 41.6 Å². The number of likely N-dealkylation sites (tertiary alicyclic amines) is 1. The van der Waals surface area contributed by atoms with E-state index in [0.717, 1.165) is 58.3 Å². The van der Waals surface area contributed by atoms with Gasteiger partial charge in [0.25, 0.3) is 0 Å². The third-order valence-electron chi connectivity index (χ3n) is 4.61. The lowest BCUT2D eigenvalue weighted by Crippen LogP contribution is -2.45. The van der Waals surface area contributed by atoms with E-state index >= 15 is 0 Å². The number of ether oxygens (including phenoxy) is 1. The van der Waals surface area contributed by atoms with Crippen LogP contribution in [0.25, 0.3) is 0 Å². The van der Waals surface area contributed by atoms with E-state index in [1.165, 1.54) is 0 Å². The van der Waals surface area contributed by atoms with E-state index < -0.39 is 0 Å². The van der Waals surface area contributed by atoms with Crippen molar-refractivity contribution in [3.8, 4) is 0 Å². The van der Waals surface area contributed by atoms with Crippen LogP contribution in [-0.4, -0.2) is 50.2 Å². The summed E-state index contributed by atoms with van der Waals surface area (Å²) in [5, 5.41) is 3.32. The second-order valence-corrected chi connectivity index (χ2v) is 5.79. The molecule has 18 heavy (non-hydrogen) atoms. The summed E-state index contributed by atoms with van der Waals surface area (Å²) in [4.78, 5) is 14.7.